The number of nitrogens with one attached hydrogen (secondary N) is 1. The van der Waals surface area contributed by atoms with Gasteiger partial charge < -0.3 is 14.6 Å². The average Bonchev–Trinajstić information content (AvgIpc) is 3.57. The minimum Gasteiger partial charge on any atom is -0.496 e. The quantitative estimate of drug-likeness (QED) is 0.791. The first kappa shape index (κ1) is 19.7. The molecule has 0 radical (unpaired) electrons. The highest BCUT2D eigenvalue weighted by Crippen LogP contribution is 2.34. The number of sulfonamides is 1. The summed E-state index contributed by atoms with van der Waals surface area (Å²) in [5.41, 5.74) is 1.90. The van der Waals surface area contributed by atoms with E-state index in [4.69, 9.17) is 4.74 Å². The number of carbonyl (C=O) groups is 1. The van der Waals surface area contributed by atoms with Gasteiger partial charge in [-0.25, -0.2) is 8.42 Å². The summed E-state index contributed by atoms with van der Waals surface area (Å²) in [5, 5.41) is 2.50. The standard InChI is InChI=1S/C20H23N3O5S/c1-21-20(25)17-10-16(5-6-18(17)28-2)29(26,27)22-8-7-13-9-19(24)23(15-3-4-15)12-14(13)11-22/h5-6,9-10,12,15H,3-4,7-8,11H2,1-2H3,(H,21,25). The maximum absolute atomic E-state index is 13.2. The van der Waals surface area contributed by atoms with Crippen LogP contribution in [0.15, 0.2) is 40.2 Å². The van der Waals surface area contributed by atoms with E-state index in [1.54, 1.807) is 16.8 Å². The van der Waals surface area contributed by atoms with Gasteiger partial charge in [-0.15, -0.1) is 0 Å². The molecule has 1 aromatic carbocycles. The number of ether oxygens (including phenoxy) is 1. The number of methoxy groups -OCH3 is 1. The van der Waals surface area contributed by atoms with Gasteiger partial charge in [-0.3, -0.25) is 9.59 Å². The van der Waals surface area contributed by atoms with Gasteiger partial charge in [0.05, 0.1) is 17.6 Å². The molecule has 1 amide bonds. The maximum atomic E-state index is 13.2. The number of benzene rings is 1. The Morgan fingerprint density at radius 2 is 1.97 bits per heavy atom. The molecule has 154 valence electrons. The van der Waals surface area contributed by atoms with Gasteiger partial charge in [0, 0.05) is 38.4 Å². The zero-order chi connectivity index (χ0) is 20.8. The third kappa shape index (κ3) is 3.56. The van der Waals surface area contributed by atoms with E-state index in [0.29, 0.717) is 12.2 Å². The first-order chi connectivity index (χ1) is 13.8. The fourth-order valence-electron chi connectivity index (χ4n) is 3.67. The van der Waals surface area contributed by atoms with E-state index in [9.17, 15) is 18.0 Å². The van der Waals surface area contributed by atoms with Gasteiger partial charge in [0.1, 0.15) is 5.75 Å². The van der Waals surface area contributed by atoms with E-state index >= 15 is 0 Å². The molecule has 2 aromatic rings. The van der Waals surface area contributed by atoms with Crippen molar-refractivity contribution in [1.82, 2.24) is 14.2 Å². The monoisotopic (exact) mass is 417 g/mol. The fraction of sp³-hybridized carbons (Fsp3) is 0.400. The van der Waals surface area contributed by atoms with Gasteiger partial charge in [0.2, 0.25) is 10.0 Å². The molecule has 0 unspecified atom stereocenters. The van der Waals surface area contributed by atoms with Gasteiger partial charge in [-0.2, -0.15) is 4.31 Å². The molecule has 2 aliphatic rings. The highest BCUT2D eigenvalue weighted by molar-refractivity contribution is 7.89. The van der Waals surface area contributed by atoms with Gasteiger partial charge in [0.25, 0.3) is 11.5 Å². The molecule has 1 aromatic heterocycles. The molecule has 2 heterocycles. The van der Waals surface area contributed by atoms with Crippen molar-refractivity contribution in [2.75, 3.05) is 20.7 Å². The molecule has 4 rings (SSSR count). The first-order valence-corrected chi connectivity index (χ1v) is 10.9. The van der Waals surface area contributed by atoms with Crippen molar-refractivity contribution in [2.24, 2.45) is 0 Å². The lowest BCUT2D eigenvalue weighted by atomic mass is 10.0. The summed E-state index contributed by atoms with van der Waals surface area (Å²) < 4.78 is 34.8. The minimum atomic E-state index is -3.81. The molecule has 1 N–H and O–H groups in total. The Bertz CT molecular complexity index is 1140. The van der Waals surface area contributed by atoms with Crippen molar-refractivity contribution in [3.63, 3.8) is 0 Å². The first-order valence-electron chi connectivity index (χ1n) is 9.49. The number of rotatable bonds is 5. The van der Waals surface area contributed by atoms with Crippen molar-refractivity contribution < 1.29 is 17.9 Å². The van der Waals surface area contributed by atoms with E-state index in [0.717, 1.165) is 24.0 Å². The molecule has 0 atom stereocenters. The van der Waals surface area contributed by atoms with E-state index in [-0.39, 0.29) is 35.1 Å². The highest BCUT2D eigenvalue weighted by Gasteiger charge is 2.31. The van der Waals surface area contributed by atoms with E-state index < -0.39 is 15.9 Å². The summed E-state index contributed by atoms with van der Waals surface area (Å²) >= 11 is 0. The number of aromatic nitrogens is 1. The van der Waals surface area contributed by atoms with E-state index in [1.807, 2.05) is 0 Å². The zero-order valence-corrected chi connectivity index (χ0v) is 17.2. The molecular formula is C20H23N3O5S. The van der Waals surface area contributed by atoms with Crippen LogP contribution in [0.5, 0.6) is 5.75 Å². The average molecular weight is 417 g/mol. The summed E-state index contributed by atoms with van der Waals surface area (Å²) in [7, 11) is -0.908. The molecular weight excluding hydrogens is 394 g/mol. The Hall–Kier alpha value is -2.65. The number of hydrogen-bond acceptors (Lipinski definition) is 5. The van der Waals surface area contributed by atoms with Gasteiger partial charge >= 0.3 is 0 Å². The number of nitrogens with zero attached hydrogens (tertiary/aromatic N) is 2. The summed E-state index contributed by atoms with van der Waals surface area (Å²) in [6, 6.07) is 6.14. The van der Waals surface area contributed by atoms with Crippen LogP contribution in [0.3, 0.4) is 0 Å². The Morgan fingerprint density at radius 3 is 2.62 bits per heavy atom. The maximum Gasteiger partial charge on any atom is 0.254 e. The van der Waals surface area contributed by atoms with Crippen molar-refractivity contribution >= 4 is 15.9 Å². The Kier molecular flexibility index (Phi) is 4.95. The Labute approximate surface area is 169 Å². The molecule has 29 heavy (non-hydrogen) atoms. The van der Waals surface area contributed by atoms with Crippen LogP contribution >= 0.6 is 0 Å². The smallest absolute Gasteiger partial charge is 0.254 e. The lowest BCUT2D eigenvalue weighted by Crippen LogP contribution is -2.37. The summed E-state index contributed by atoms with van der Waals surface area (Å²) in [5.74, 6) is -0.114. The van der Waals surface area contributed by atoms with Crippen LogP contribution in [0.2, 0.25) is 0 Å². The molecule has 1 aliphatic carbocycles. The number of amides is 1. The van der Waals surface area contributed by atoms with E-state index in [1.165, 1.54) is 36.7 Å². The van der Waals surface area contributed by atoms with Crippen molar-refractivity contribution in [1.29, 1.82) is 0 Å². The number of hydrogen-bond donors (Lipinski definition) is 1. The van der Waals surface area contributed by atoms with Crippen LogP contribution < -0.4 is 15.6 Å². The normalized spacial score (nSPS) is 16.9. The molecule has 0 saturated heterocycles. The fourth-order valence-corrected chi connectivity index (χ4v) is 5.12. The summed E-state index contributed by atoms with van der Waals surface area (Å²) in [6.07, 6.45) is 4.25. The van der Waals surface area contributed by atoms with Crippen molar-refractivity contribution in [2.45, 2.75) is 36.7 Å². The second kappa shape index (κ2) is 7.31. The molecule has 1 saturated carbocycles. The van der Waals surface area contributed by atoms with Crippen LogP contribution in [0.1, 0.15) is 40.4 Å². The second-order valence-corrected chi connectivity index (χ2v) is 9.27. The Morgan fingerprint density at radius 1 is 1.21 bits per heavy atom. The number of carbonyl (C=O) groups excluding carboxylic acids is 1. The number of fused-ring (bicyclic) bond motifs is 1. The minimum absolute atomic E-state index is 0.0204. The second-order valence-electron chi connectivity index (χ2n) is 7.33. The number of pyridine rings is 1. The van der Waals surface area contributed by atoms with Crippen LogP contribution in [0.4, 0.5) is 0 Å². The van der Waals surface area contributed by atoms with Gasteiger partial charge in [0.15, 0.2) is 0 Å². The van der Waals surface area contributed by atoms with Gasteiger partial charge in [-0.1, -0.05) is 0 Å². The Balaban J connectivity index is 1.68. The SMILES string of the molecule is CNC(=O)c1cc(S(=O)(=O)N2CCc3cc(=O)n(C4CC4)cc3C2)ccc1OC. The highest BCUT2D eigenvalue weighted by atomic mass is 32.2. The molecule has 8 nitrogen and oxygen atoms in total. The zero-order valence-electron chi connectivity index (χ0n) is 16.3. The van der Waals surface area contributed by atoms with Crippen LogP contribution in [-0.4, -0.2) is 43.9 Å². The van der Waals surface area contributed by atoms with Crippen LogP contribution in [-0.2, 0) is 23.0 Å². The molecule has 0 spiro atoms. The van der Waals surface area contributed by atoms with Gasteiger partial charge in [-0.05, 0) is 48.6 Å². The summed E-state index contributed by atoms with van der Waals surface area (Å²) in [6.45, 7) is 0.482. The molecule has 0 bridgehead atoms. The lowest BCUT2D eigenvalue weighted by molar-refractivity contribution is 0.0960. The largest absolute Gasteiger partial charge is 0.496 e. The van der Waals surface area contributed by atoms with Crippen molar-refractivity contribution in [3.05, 3.63) is 57.5 Å². The third-order valence-electron chi connectivity index (χ3n) is 5.46. The van der Waals surface area contributed by atoms with Crippen LogP contribution in [0.25, 0.3) is 0 Å². The predicted octanol–water partition coefficient (Wildman–Crippen LogP) is 1.30. The summed E-state index contributed by atoms with van der Waals surface area (Å²) in [4.78, 5) is 24.4. The molecule has 1 aliphatic heterocycles. The predicted molar refractivity (Wildman–Crippen MR) is 107 cm³/mol. The third-order valence-corrected chi connectivity index (χ3v) is 7.30. The molecule has 9 heteroatoms. The molecule has 1 fully saturated rings. The topological polar surface area (TPSA) is 97.7 Å². The lowest BCUT2D eigenvalue weighted by Gasteiger charge is -2.28. The van der Waals surface area contributed by atoms with Crippen molar-refractivity contribution in [3.8, 4) is 5.75 Å². The van der Waals surface area contributed by atoms with Crippen LogP contribution in [0, 0.1) is 0 Å². The van der Waals surface area contributed by atoms with E-state index in [2.05, 4.69) is 5.32 Å².